The monoisotopic (exact) mass is 403 g/mol. The molecule has 0 fully saturated rings. The minimum absolute atomic E-state index is 0.563. The first-order chi connectivity index (χ1) is 14.3. The van der Waals surface area contributed by atoms with E-state index < -0.39 is 0 Å². The van der Waals surface area contributed by atoms with Gasteiger partial charge in [-0.1, -0.05) is 59.4 Å². The molecule has 3 heterocycles. The number of rotatable bonds is 6. The van der Waals surface area contributed by atoms with E-state index in [0.717, 1.165) is 5.69 Å². The number of nitrogens with two attached hydrogens (primary N) is 1. The van der Waals surface area contributed by atoms with E-state index in [1.54, 1.807) is 17.0 Å². The normalized spacial score (nSPS) is 11.3. The van der Waals surface area contributed by atoms with Crippen LogP contribution in [0.4, 0.5) is 0 Å². The number of nitrogen functional groups attached to an aromatic ring is 1. The van der Waals surface area contributed by atoms with Crippen LogP contribution in [0.25, 0.3) is 22.3 Å². The van der Waals surface area contributed by atoms with Gasteiger partial charge in [-0.2, -0.15) is 0 Å². The van der Waals surface area contributed by atoms with Crippen LogP contribution < -0.4 is 5.84 Å². The van der Waals surface area contributed by atoms with E-state index in [2.05, 4.69) is 39.6 Å². The van der Waals surface area contributed by atoms with Crippen LogP contribution in [0.2, 0.25) is 0 Å². The predicted octanol–water partition coefficient (Wildman–Crippen LogP) is 4.28. The van der Waals surface area contributed by atoms with E-state index in [9.17, 15) is 0 Å². The molecule has 0 aliphatic carbocycles. The lowest BCUT2D eigenvalue weighted by Crippen LogP contribution is -2.14. The second-order valence-electron chi connectivity index (χ2n) is 6.53. The number of hydrogen-bond acceptors (Lipinski definition) is 7. The molecule has 0 saturated carbocycles. The summed E-state index contributed by atoms with van der Waals surface area (Å²) in [5, 5.41) is 15.6. The third kappa shape index (κ3) is 3.50. The van der Waals surface area contributed by atoms with E-state index in [1.165, 1.54) is 28.1 Å². The van der Waals surface area contributed by atoms with Crippen LogP contribution in [0.5, 0.6) is 0 Å². The molecule has 0 aliphatic heterocycles. The van der Waals surface area contributed by atoms with Gasteiger partial charge in [-0.3, -0.25) is 0 Å². The third-order valence-electron chi connectivity index (χ3n) is 4.64. The minimum atomic E-state index is 0.563. The van der Waals surface area contributed by atoms with Crippen molar-refractivity contribution >= 4 is 22.5 Å². The zero-order chi connectivity index (χ0) is 19.6. The molecule has 29 heavy (non-hydrogen) atoms. The van der Waals surface area contributed by atoms with Crippen molar-refractivity contribution in [3.05, 3.63) is 84.0 Å². The Labute approximate surface area is 170 Å². The fraction of sp³-hybridized carbons (Fsp3) is 0.0952. The van der Waals surface area contributed by atoms with Crippen molar-refractivity contribution in [2.75, 3.05) is 5.84 Å². The number of furan rings is 1. The molecule has 0 radical (unpaired) electrons. The SMILES string of the molecule is Nn1c(Cc2cccc3ccccc23)nnc1SCc1cc(-c2ccco2)on1. The van der Waals surface area contributed by atoms with Crippen LogP contribution in [0.3, 0.4) is 0 Å². The third-order valence-corrected chi connectivity index (χ3v) is 5.61. The lowest BCUT2D eigenvalue weighted by atomic mass is 10.0. The van der Waals surface area contributed by atoms with E-state index in [-0.39, 0.29) is 0 Å². The van der Waals surface area contributed by atoms with Crippen molar-refractivity contribution in [3.63, 3.8) is 0 Å². The summed E-state index contributed by atoms with van der Waals surface area (Å²) in [6, 6.07) is 20.0. The van der Waals surface area contributed by atoms with Crippen molar-refractivity contribution in [2.45, 2.75) is 17.3 Å². The van der Waals surface area contributed by atoms with Crippen LogP contribution >= 0.6 is 11.8 Å². The first kappa shape index (κ1) is 17.6. The average molecular weight is 403 g/mol. The maximum Gasteiger partial charge on any atom is 0.210 e. The molecule has 0 saturated heterocycles. The zero-order valence-corrected chi connectivity index (χ0v) is 16.2. The Morgan fingerprint density at radius 3 is 2.76 bits per heavy atom. The molecule has 3 aromatic heterocycles. The van der Waals surface area contributed by atoms with Gasteiger partial charge in [0.05, 0.1) is 12.0 Å². The van der Waals surface area contributed by atoms with Gasteiger partial charge in [0.1, 0.15) is 0 Å². The van der Waals surface area contributed by atoms with Gasteiger partial charge in [-0.15, -0.1) is 10.2 Å². The molecule has 2 N–H and O–H groups in total. The Balaban J connectivity index is 1.31. The van der Waals surface area contributed by atoms with Crippen molar-refractivity contribution in [3.8, 4) is 11.5 Å². The summed E-state index contributed by atoms with van der Waals surface area (Å²) in [7, 11) is 0. The highest BCUT2D eigenvalue weighted by Gasteiger charge is 2.14. The summed E-state index contributed by atoms with van der Waals surface area (Å²) in [5.74, 6) is 8.77. The van der Waals surface area contributed by atoms with Crippen LogP contribution in [0.1, 0.15) is 17.1 Å². The Morgan fingerprint density at radius 1 is 0.966 bits per heavy atom. The van der Waals surface area contributed by atoms with Gasteiger partial charge in [0.2, 0.25) is 10.9 Å². The van der Waals surface area contributed by atoms with Crippen molar-refractivity contribution < 1.29 is 8.94 Å². The fourth-order valence-electron chi connectivity index (χ4n) is 3.20. The molecule has 144 valence electrons. The summed E-state index contributed by atoms with van der Waals surface area (Å²) in [4.78, 5) is 0. The number of thioether (sulfide) groups is 1. The lowest BCUT2D eigenvalue weighted by Gasteiger charge is -2.06. The van der Waals surface area contributed by atoms with Crippen LogP contribution in [-0.4, -0.2) is 20.0 Å². The minimum Gasteiger partial charge on any atom is -0.461 e. The molecular weight excluding hydrogens is 386 g/mol. The molecule has 5 aromatic rings. The molecule has 0 spiro atoms. The number of fused-ring (bicyclic) bond motifs is 1. The molecule has 0 unspecified atom stereocenters. The zero-order valence-electron chi connectivity index (χ0n) is 15.4. The highest BCUT2D eigenvalue weighted by Crippen LogP contribution is 2.26. The van der Waals surface area contributed by atoms with Gasteiger partial charge in [-0.25, -0.2) is 4.68 Å². The molecule has 0 amide bonds. The van der Waals surface area contributed by atoms with Crippen molar-refractivity contribution in [1.29, 1.82) is 0 Å². The molecule has 8 heteroatoms. The first-order valence-electron chi connectivity index (χ1n) is 9.06. The average Bonchev–Trinajstić information content (AvgIpc) is 3.49. The maximum atomic E-state index is 6.25. The second-order valence-corrected chi connectivity index (χ2v) is 7.47. The highest BCUT2D eigenvalue weighted by atomic mass is 32.2. The van der Waals surface area contributed by atoms with Gasteiger partial charge < -0.3 is 14.8 Å². The maximum absolute atomic E-state index is 6.25. The van der Waals surface area contributed by atoms with E-state index in [1.807, 2.05) is 30.3 Å². The fourth-order valence-corrected chi connectivity index (χ4v) is 3.95. The van der Waals surface area contributed by atoms with Crippen LogP contribution in [0, 0.1) is 0 Å². The summed E-state index contributed by atoms with van der Waals surface area (Å²) in [5.41, 5.74) is 1.94. The second kappa shape index (κ2) is 7.48. The Bertz CT molecular complexity index is 1250. The molecule has 5 rings (SSSR count). The number of aromatic nitrogens is 4. The lowest BCUT2D eigenvalue weighted by molar-refractivity contribution is 0.413. The largest absolute Gasteiger partial charge is 0.461 e. The molecule has 0 atom stereocenters. The topological polar surface area (TPSA) is 95.9 Å². The Kier molecular flexibility index (Phi) is 4.53. The van der Waals surface area contributed by atoms with Crippen molar-refractivity contribution in [2.24, 2.45) is 0 Å². The predicted molar refractivity (Wildman–Crippen MR) is 111 cm³/mol. The highest BCUT2D eigenvalue weighted by molar-refractivity contribution is 7.98. The van der Waals surface area contributed by atoms with Crippen molar-refractivity contribution in [1.82, 2.24) is 20.0 Å². The van der Waals surface area contributed by atoms with Gasteiger partial charge in [0.25, 0.3) is 0 Å². The van der Waals surface area contributed by atoms with Gasteiger partial charge in [0, 0.05) is 18.2 Å². The van der Waals surface area contributed by atoms with Gasteiger partial charge in [-0.05, 0) is 28.5 Å². The Hall–Kier alpha value is -3.52. The van der Waals surface area contributed by atoms with Gasteiger partial charge >= 0.3 is 0 Å². The molecule has 7 nitrogen and oxygen atoms in total. The van der Waals surface area contributed by atoms with Gasteiger partial charge in [0.15, 0.2) is 11.6 Å². The summed E-state index contributed by atoms with van der Waals surface area (Å²) < 4.78 is 12.2. The molecular formula is C21H17N5O2S. The van der Waals surface area contributed by atoms with Crippen LogP contribution in [0.15, 0.2) is 81.0 Å². The smallest absolute Gasteiger partial charge is 0.210 e. The van der Waals surface area contributed by atoms with E-state index in [4.69, 9.17) is 14.8 Å². The first-order valence-corrected chi connectivity index (χ1v) is 10.0. The number of benzene rings is 2. The molecule has 0 aliphatic rings. The molecule has 0 bridgehead atoms. The Morgan fingerprint density at radius 2 is 1.86 bits per heavy atom. The number of hydrogen-bond donors (Lipinski definition) is 1. The summed E-state index contributed by atoms with van der Waals surface area (Å²) >= 11 is 1.46. The standard InChI is InChI=1S/C21H17N5O2S/c22-26-20(11-15-7-3-6-14-5-1-2-8-17(14)15)23-24-21(26)29-13-16-12-19(28-25-16)18-9-4-10-27-18/h1-10,12H,11,13,22H2. The summed E-state index contributed by atoms with van der Waals surface area (Å²) in [6.45, 7) is 0. The summed E-state index contributed by atoms with van der Waals surface area (Å²) in [6.07, 6.45) is 2.21. The van der Waals surface area contributed by atoms with Crippen LogP contribution in [-0.2, 0) is 12.2 Å². The van der Waals surface area contributed by atoms with E-state index >= 15 is 0 Å². The molecule has 2 aromatic carbocycles. The number of nitrogens with zero attached hydrogens (tertiary/aromatic N) is 4. The van der Waals surface area contributed by atoms with E-state index in [0.29, 0.717) is 34.7 Å². The quantitative estimate of drug-likeness (QED) is 0.334.